The molecule has 1 rings (SSSR count). The highest BCUT2D eigenvalue weighted by molar-refractivity contribution is 5.78. The average Bonchev–Trinajstić information content (AvgIpc) is 2.36. The number of rotatable bonds is 6. The smallest absolute Gasteiger partial charge is 0.223 e. The number of hydrogen-bond acceptors (Lipinski definition) is 3. The molecular formula is C13H20N2O2. The van der Waals surface area contributed by atoms with Gasteiger partial charge < -0.3 is 10.1 Å². The fourth-order valence-corrected chi connectivity index (χ4v) is 1.66. The third kappa shape index (κ3) is 4.06. The van der Waals surface area contributed by atoms with Gasteiger partial charge in [-0.05, 0) is 12.5 Å². The van der Waals surface area contributed by atoms with E-state index in [0.29, 0.717) is 12.4 Å². The summed E-state index contributed by atoms with van der Waals surface area (Å²) in [6.07, 6.45) is 3.60. The summed E-state index contributed by atoms with van der Waals surface area (Å²) in [5, 5.41) is 2.90. The van der Waals surface area contributed by atoms with E-state index in [1.165, 1.54) is 0 Å². The molecule has 0 aliphatic carbocycles. The molecule has 17 heavy (non-hydrogen) atoms. The van der Waals surface area contributed by atoms with E-state index in [0.717, 1.165) is 18.4 Å². The molecule has 4 nitrogen and oxygen atoms in total. The first kappa shape index (κ1) is 13.5. The maximum atomic E-state index is 11.7. The largest absolute Gasteiger partial charge is 0.481 e. The van der Waals surface area contributed by atoms with Gasteiger partial charge in [-0.3, -0.25) is 4.79 Å². The van der Waals surface area contributed by atoms with Gasteiger partial charge in [0.15, 0.2) is 0 Å². The molecule has 1 unspecified atom stereocenters. The predicted molar refractivity (Wildman–Crippen MR) is 66.7 cm³/mol. The molecule has 1 aromatic rings. The Hall–Kier alpha value is -1.58. The fourth-order valence-electron chi connectivity index (χ4n) is 1.66. The molecule has 0 fully saturated rings. The Morgan fingerprint density at radius 3 is 3.00 bits per heavy atom. The number of methoxy groups -OCH3 is 1. The summed E-state index contributed by atoms with van der Waals surface area (Å²) in [6.45, 7) is 4.48. The minimum absolute atomic E-state index is 0.0580. The Balaban J connectivity index is 2.52. The summed E-state index contributed by atoms with van der Waals surface area (Å²) in [6, 6.07) is 3.73. The van der Waals surface area contributed by atoms with Crippen LogP contribution in [0.2, 0.25) is 0 Å². The van der Waals surface area contributed by atoms with Gasteiger partial charge >= 0.3 is 0 Å². The van der Waals surface area contributed by atoms with Crippen molar-refractivity contribution in [3.05, 3.63) is 23.9 Å². The molecule has 1 atom stereocenters. The number of carbonyl (C=O) groups is 1. The fraction of sp³-hybridized carbons (Fsp3) is 0.538. The van der Waals surface area contributed by atoms with Crippen LogP contribution in [0, 0.1) is 5.92 Å². The molecule has 0 spiro atoms. The van der Waals surface area contributed by atoms with Crippen molar-refractivity contribution >= 4 is 5.91 Å². The lowest BCUT2D eigenvalue weighted by Gasteiger charge is -2.12. The number of nitrogens with zero attached hydrogens (tertiary/aromatic N) is 1. The van der Waals surface area contributed by atoms with Gasteiger partial charge in [-0.15, -0.1) is 0 Å². The van der Waals surface area contributed by atoms with E-state index in [-0.39, 0.29) is 11.8 Å². The summed E-state index contributed by atoms with van der Waals surface area (Å²) in [4.78, 5) is 15.8. The maximum Gasteiger partial charge on any atom is 0.223 e. The minimum atomic E-state index is 0.0580. The number of amides is 1. The van der Waals surface area contributed by atoms with E-state index in [4.69, 9.17) is 4.74 Å². The zero-order valence-electron chi connectivity index (χ0n) is 10.7. The van der Waals surface area contributed by atoms with E-state index in [1.54, 1.807) is 13.3 Å². The topological polar surface area (TPSA) is 51.2 Å². The van der Waals surface area contributed by atoms with Crippen molar-refractivity contribution < 1.29 is 9.53 Å². The van der Waals surface area contributed by atoms with Crippen molar-refractivity contribution in [2.45, 2.75) is 33.2 Å². The van der Waals surface area contributed by atoms with Crippen LogP contribution in [-0.2, 0) is 11.3 Å². The molecule has 0 aromatic carbocycles. The summed E-state index contributed by atoms with van der Waals surface area (Å²) in [5.74, 6) is 0.705. The SMILES string of the molecule is CCCC(C)C(=O)NCc1cccnc1OC. The number of carbonyl (C=O) groups excluding carboxylic acids is 1. The van der Waals surface area contributed by atoms with Crippen LogP contribution in [0.25, 0.3) is 0 Å². The number of aromatic nitrogens is 1. The van der Waals surface area contributed by atoms with Crippen LogP contribution in [0.15, 0.2) is 18.3 Å². The average molecular weight is 236 g/mol. The summed E-state index contributed by atoms with van der Waals surface area (Å²) in [7, 11) is 1.58. The third-order valence-electron chi connectivity index (χ3n) is 2.67. The molecular weight excluding hydrogens is 216 g/mol. The molecule has 0 bridgehead atoms. The molecule has 1 heterocycles. The lowest BCUT2D eigenvalue weighted by molar-refractivity contribution is -0.124. The van der Waals surface area contributed by atoms with Gasteiger partial charge in [0.05, 0.1) is 7.11 Å². The van der Waals surface area contributed by atoms with Gasteiger partial charge in [0.25, 0.3) is 0 Å². The molecule has 0 saturated carbocycles. The van der Waals surface area contributed by atoms with Gasteiger partial charge in [-0.2, -0.15) is 0 Å². The Labute approximate surface area is 102 Å². The zero-order chi connectivity index (χ0) is 12.7. The number of nitrogens with one attached hydrogen (secondary N) is 1. The van der Waals surface area contributed by atoms with Crippen molar-refractivity contribution in [3.63, 3.8) is 0 Å². The van der Waals surface area contributed by atoms with E-state index >= 15 is 0 Å². The van der Waals surface area contributed by atoms with Gasteiger partial charge in [-0.25, -0.2) is 4.98 Å². The Bertz CT molecular complexity index is 366. The van der Waals surface area contributed by atoms with Crippen LogP contribution in [0.4, 0.5) is 0 Å². The molecule has 1 aromatic heterocycles. The van der Waals surface area contributed by atoms with Crippen LogP contribution in [-0.4, -0.2) is 18.0 Å². The summed E-state index contributed by atoms with van der Waals surface area (Å²) in [5.41, 5.74) is 0.895. The molecule has 0 saturated heterocycles. The van der Waals surface area contributed by atoms with Gasteiger partial charge in [-0.1, -0.05) is 26.3 Å². The van der Waals surface area contributed by atoms with Gasteiger partial charge in [0.1, 0.15) is 0 Å². The highest BCUT2D eigenvalue weighted by Gasteiger charge is 2.12. The Morgan fingerprint density at radius 2 is 2.35 bits per heavy atom. The second-order valence-corrected chi connectivity index (χ2v) is 4.08. The summed E-state index contributed by atoms with van der Waals surface area (Å²) < 4.78 is 5.12. The van der Waals surface area contributed by atoms with Crippen LogP contribution in [0.3, 0.4) is 0 Å². The van der Waals surface area contributed by atoms with Crippen molar-refractivity contribution in [1.82, 2.24) is 10.3 Å². The Morgan fingerprint density at radius 1 is 1.59 bits per heavy atom. The molecule has 94 valence electrons. The van der Waals surface area contributed by atoms with Crippen LogP contribution in [0.1, 0.15) is 32.3 Å². The van der Waals surface area contributed by atoms with Crippen molar-refractivity contribution in [2.24, 2.45) is 5.92 Å². The lowest BCUT2D eigenvalue weighted by atomic mass is 10.1. The third-order valence-corrected chi connectivity index (χ3v) is 2.67. The van der Waals surface area contributed by atoms with E-state index in [2.05, 4.69) is 17.2 Å². The molecule has 4 heteroatoms. The number of pyridine rings is 1. The van der Waals surface area contributed by atoms with Crippen LogP contribution >= 0.6 is 0 Å². The van der Waals surface area contributed by atoms with Crippen LogP contribution < -0.4 is 10.1 Å². The predicted octanol–water partition coefficient (Wildman–Crippen LogP) is 2.14. The molecule has 0 aliphatic heterocycles. The Kier molecular flexibility index (Phi) is 5.46. The highest BCUT2D eigenvalue weighted by atomic mass is 16.5. The highest BCUT2D eigenvalue weighted by Crippen LogP contribution is 2.13. The maximum absolute atomic E-state index is 11.7. The zero-order valence-corrected chi connectivity index (χ0v) is 10.7. The van der Waals surface area contributed by atoms with Gasteiger partial charge in [0, 0.05) is 24.2 Å². The molecule has 0 radical (unpaired) electrons. The summed E-state index contributed by atoms with van der Waals surface area (Å²) >= 11 is 0. The van der Waals surface area contributed by atoms with Crippen LogP contribution in [0.5, 0.6) is 5.88 Å². The standard InChI is InChI=1S/C13H20N2O2/c1-4-6-10(2)12(16)15-9-11-7-5-8-14-13(11)17-3/h5,7-8,10H,4,6,9H2,1-3H3,(H,15,16). The first-order valence-electron chi connectivity index (χ1n) is 5.94. The normalized spacial score (nSPS) is 11.9. The number of ether oxygens (including phenoxy) is 1. The monoisotopic (exact) mass is 236 g/mol. The van der Waals surface area contributed by atoms with E-state index in [9.17, 15) is 4.79 Å². The second kappa shape index (κ2) is 6.89. The minimum Gasteiger partial charge on any atom is -0.481 e. The molecule has 1 N–H and O–H groups in total. The first-order valence-corrected chi connectivity index (χ1v) is 5.94. The van der Waals surface area contributed by atoms with E-state index < -0.39 is 0 Å². The molecule has 0 aliphatic rings. The molecule has 1 amide bonds. The van der Waals surface area contributed by atoms with Crippen molar-refractivity contribution in [2.75, 3.05) is 7.11 Å². The van der Waals surface area contributed by atoms with Crippen molar-refractivity contribution in [3.8, 4) is 5.88 Å². The first-order chi connectivity index (χ1) is 8.19. The second-order valence-electron chi connectivity index (χ2n) is 4.08. The lowest BCUT2D eigenvalue weighted by Crippen LogP contribution is -2.28. The van der Waals surface area contributed by atoms with Gasteiger partial charge in [0.2, 0.25) is 11.8 Å². The quantitative estimate of drug-likeness (QED) is 0.823. The van der Waals surface area contributed by atoms with E-state index in [1.807, 2.05) is 19.1 Å². The number of hydrogen-bond donors (Lipinski definition) is 1. The van der Waals surface area contributed by atoms with Crippen molar-refractivity contribution in [1.29, 1.82) is 0 Å².